The summed E-state index contributed by atoms with van der Waals surface area (Å²) in [4.78, 5) is 14.1. The molecule has 1 amide bonds. The number of rotatable bonds is 5. The molecule has 1 saturated heterocycles. The summed E-state index contributed by atoms with van der Waals surface area (Å²) in [6.07, 6.45) is 2.87. The van der Waals surface area contributed by atoms with Gasteiger partial charge in [0, 0.05) is 13.1 Å². The molecule has 3 rings (SSSR count). The Morgan fingerprint density at radius 2 is 1.71 bits per heavy atom. The molecule has 0 aromatic heterocycles. The number of nitrogens with zero attached hydrogens (tertiary/aromatic N) is 1. The second-order valence-electron chi connectivity index (χ2n) is 6.17. The Balaban J connectivity index is 1.44. The molecule has 2 aromatic carbocycles. The number of likely N-dealkylation sites (tertiary alicyclic amines) is 1. The number of para-hydroxylation sites is 1. The maximum atomic E-state index is 13.7. The highest BCUT2D eigenvalue weighted by Gasteiger charge is 2.24. The lowest BCUT2D eigenvalue weighted by Gasteiger charge is -2.32. The normalized spacial score (nSPS) is 15.3. The van der Waals surface area contributed by atoms with Crippen LogP contribution in [0.1, 0.15) is 29.6 Å². The zero-order valence-corrected chi connectivity index (χ0v) is 13.7. The summed E-state index contributed by atoms with van der Waals surface area (Å²) in [5.41, 5.74) is 0.170. The van der Waals surface area contributed by atoms with Crippen molar-refractivity contribution >= 4 is 5.91 Å². The predicted octanol–water partition coefficient (Wildman–Crippen LogP) is 4.15. The van der Waals surface area contributed by atoms with Crippen LogP contribution in [0.5, 0.6) is 5.75 Å². The first-order chi connectivity index (χ1) is 11.7. The molecule has 0 saturated carbocycles. The van der Waals surface area contributed by atoms with E-state index >= 15 is 0 Å². The molecule has 0 atom stereocenters. The van der Waals surface area contributed by atoms with Crippen molar-refractivity contribution in [1.29, 1.82) is 0 Å². The highest BCUT2D eigenvalue weighted by Crippen LogP contribution is 2.23. The summed E-state index contributed by atoms with van der Waals surface area (Å²) in [7, 11) is 0. The number of benzene rings is 2. The van der Waals surface area contributed by atoms with Crippen molar-refractivity contribution in [3.8, 4) is 5.75 Å². The molecule has 0 spiro atoms. The van der Waals surface area contributed by atoms with E-state index in [2.05, 4.69) is 0 Å². The molecule has 24 heavy (non-hydrogen) atoms. The average molecular weight is 327 g/mol. The number of hydrogen-bond acceptors (Lipinski definition) is 2. The summed E-state index contributed by atoms with van der Waals surface area (Å²) >= 11 is 0. The summed E-state index contributed by atoms with van der Waals surface area (Å²) in [6, 6.07) is 16.0. The van der Waals surface area contributed by atoms with Crippen LogP contribution in [0.3, 0.4) is 0 Å². The molecular formula is C20H22FNO2. The number of hydrogen-bond donors (Lipinski definition) is 0. The van der Waals surface area contributed by atoms with E-state index in [1.165, 1.54) is 6.07 Å². The fourth-order valence-electron chi connectivity index (χ4n) is 3.09. The van der Waals surface area contributed by atoms with Crippen molar-refractivity contribution in [2.75, 3.05) is 19.7 Å². The Hall–Kier alpha value is -2.36. The smallest absolute Gasteiger partial charge is 0.256 e. The maximum Gasteiger partial charge on any atom is 0.256 e. The van der Waals surface area contributed by atoms with Crippen LogP contribution >= 0.6 is 0 Å². The third kappa shape index (κ3) is 4.13. The second kappa shape index (κ2) is 7.95. The van der Waals surface area contributed by atoms with Crippen molar-refractivity contribution in [3.05, 3.63) is 66.0 Å². The van der Waals surface area contributed by atoms with E-state index in [1.807, 2.05) is 30.3 Å². The molecule has 2 aromatic rings. The van der Waals surface area contributed by atoms with Crippen LogP contribution < -0.4 is 4.74 Å². The van der Waals surface area contributed by atoms with Gasteiger partial charge in [-0.05, 0) is 49.4 Å². The van der Waals surface area contributed by atoms with E-state index in [1.54, 1.807) is 23.1 Å². The van der Waals surface area contributed by atoms with Crippen molar-refractivity contribution < 1.29 is 13.9 Å². The van der Waals surface area contributed by atoms with Crippen molar-refractivity contribution in [3.63, 3.8) is 0 Å². The van der Waals surface area contributed by atoms with Gasteiger partial charge in [-0.15, -0.1) is 0 Å². The first-order valence-electron chi connectivity index (χ1n) is 8.45. The first kappa shape index (κ1) is 16.5. The predicted molar refractivity (Wildman–Crippen MR) is 91.6 cm³/mol. The third-order valence-corrected chi connectivity index (χ3v) is 4.54. The van der Waals surface area contributed by atoms with Crippen LogP contribution in [0.2, 0.25) is 0 Å². The van der Waals surface area contributed by atoms with Gasteiger partial charge >= 0.3 is 0 Å². The number of piperidine rings is 1. The summed E-state index contributed by atoms with van der Waals surface area (Å²) in [5, 5.41) is 0. The fraction of sp³-hybridized carbons (Fsp3) is 0.350. The zero-order chi connectivity index (χ0) is 16.8. The summed E-state index contributed by atoms with van der Waals surface area (Å²) in [6.45, 7) is 2.06. The minimum absolute atomic E-state index is 0.170. The quantitative estimate of drug-likeness (QED) is 0.826. The highest BCUT2D eigenvalue weighted by atomic mass is 19.1. The number of carbonyl (C=O) groups is 1. The minimum atomic E-state index is -0.444. The van der Waals surface area contributed by atoms with E-state index in [0.717, 1.165) is 25.0 Å². The molecule has 0 unspecified atom stereocenters. The van der Waals surface area contributed by atoms with Gasteiger partial charge in [-0.3, -0.25) is 4.79 Å². The van der Waals surface area contributed by atoms with Crippen molar-refractivity contribution in [2.24, 2.45) is 5.92 Å². The van der Waals surface area contributed by atoms with Crippen molar-refractivity contribution in [1.82, 2.24) is 4.90 Å². The number of halogens is 1. The van der Waals surface area contributed by atoms with Crippen LogP contribution in [0.15, 0.2) is 54.6 Å². The van der Waals surface area contributed by atoms with Gasteiger partial charge in [0.1, 0.15) is 11.6 Å². The lowest BCUT2D eigenvalue weighted by Crippen LogP contribution is -2.39. The summed E-state index contributed by atoms with van der Waals surface area (Å²) < 4.78 is 19.5. The maximum absolute atomic E-state index is 13.7. The molecule has 126 valence electrons. The molecule has 1 heterocycles. The van der Waals surface area contributed by atoms with E-state index in [4.69, 9.17) is 4.74 Å². The van der Waals surface area contributed by atoms with Gasteiger partial charge in [-0.2, -0.15) is 0 Å². The average Bonchev–Trinajstić information content (AvgIpc) is 2.63. The molecule has 0 bridgehead atoms. The van der Waals surface area contributed by atoms with E-state index in [0.29, 0.717) is 25.6 Å². The van der Waals surface area contributed by atoms with Gasteiger partial charge in [0.2, 0.25) is 0 Å². The minimum Gasteiger partial charge on any atom is -0.494 e. The Morgan fingerprint density at radius 1 is 1.04 bits per heavy atom. The van der Waals surface area contributed by atoms with Crippen molar-refractivity contribution in [2.45, 2.75) is 19.3 Å². The molecule has 3 nitrogen and oxygen atoms in total. The third-order valence-electron chi connectivity index (χ3n) is 4.54. The molecule has 1 aliphatic heterocycles. The SMILES string of the molecule is O=C(c1ccccc1F)N1CCC(CCOc2ccccc2)CC1. The Bertz CT molecular complexity index is 666. The van der Waals surface area contributed by atoms with Crippen LogP contribution in [-0.2, 0) is 0 Å². The molecule has 0 N–H and O–H groups in total. The largest absolute Gasteiger partial charge is 0.494 e. The fourth-order valence-corrected chi connectivity index (χ4v) is 3.09. The lowest BCUT2D eigenvalue weighted by atomic mass is 9.93. The number of amides is 1. The highest BCUT2D eigenvalue weighted by molar-refractivity contribution is 5.94. The topological polar surface area (TPSA) is 29.5 Å². The van der Waals surface area contributed by atoms with E-state index in [-0.39, 0.29) is 11.5 Å². The molecule has 4 heteroatoms. The molecule has 1 fully saturated rings. The van der Waals surface area contributed by atoms with Crippen LogP contribution in [0, 0.1) is 11.7 Å². The second-order valence-corrected chi connectivity index (χ2v) is 6.17. The van der Waals surface area contributed by atoms with Gasteiger partial charge < -0.3 is 9.64 Å². The lowest BCUT2D eigenvalue weighted by molar-refractivity contribution is 0.0675. The molecule has 0 aliphatic carbocycles. The van der Waals surface area contributed by atoms with Crippen LogP contribution in [0.4, 0.5) is 4.39 Å². The number of ether oxygens (including phenoxy) is 1. The van der Waals surface area contributed by atoms with Gasteiger partial charge in [-0.25, -0.2) is 4.39 Å². The van der Waals surface area contributed by atoms with Gasteiger partial charge in [0.25, 0.3) is 5.91 Å². The first-order valence-corrected chi connectivity index (χ1v) is 8.45. The standard InChI is InChI=1S/C20H22FNO2/c21-19-9-5-4-8-18(19)20(23)22-13-10-16(11-14-22)12-15-24-17-6-2-1-3-7-17/h1-9,16H,10-15H2. The molecular weight excluding hydrogens is 305 g/mol. The van der Waals surface area contributed by atoms with Crippen LogP contribution in [0.25, 0.3) is 0 Å². The number of carbonyl (C=O) groups excluding carboxylic acids is 1. The molecule has 1 aliphatic rings. The van der Waals surface area contributed by atoms with Crippen LogP contribution in [-0.4, -0.2) is 30.5 Å². The summed E-state index contributed by atoms with van der Waals surface area (Å²) in [5.74, 6) is 0.802. The Morgan fingerprint density at radius 3 is 2.42 bits per heavy atom. The van der Waals surface area contributed by atoms with E-state index in [9.17, 15) is 9.18 Å². The Kier molecular flexibility index (Phi) is 5.47. The van der Waals surface area contributed by atoms with E-state index < -0.39 is 5.82 Å². The van der Waals surface area contributed by atoms with Gasteiger partial charge in [0.05, 0.1) is 12.2 Å². The zero-order valence-electron chi connectivity index (χ0n) is 13.7. The van der Waals surface area contributed by atoms with Gasteiger partial charge in [0.15, 0.2) is 0 Å². The molecule has 0 radical (unpaired) electrons. The Labute approximate surface area is 142 Å². The monoisotopic (exact) mass is 327 g/mol. The van der Waals surface area contributed by atoms with Gasteiger partial charge in [-0.1, -0.05) is 30.3 Å².